The molecule has 29 heavy (non-hydrogen) atoms. The average Bonchev–Trinajstić information content (AvgIpc) is 2.93. The molecule has 0 saturated heterocycles. The first-order chi connectivity index (χ1) is 13.5. The van der Waals surface area contributed by atoms with Gasteiger partial charge < -0.3 is 14.8 Å². The Labute approximate surface area is 167 Å². The number of hydrogen-bond acceptors (Lipinski definition) is 4. The van der Waals surface area contributed by atoms with E-state index in [0.29, 0.717) is 0 Å². The van der Waals surface area contributed by atoms with E-state index in [1.807, 2.05) is 0 Å². The monoisotopic (exact) mass is 441 g/mol. The molecule has 2 rings (SSSR count). The van der Waals surface area contributed by atoms with Crippen molar-refractivity contribution in [1.82, 2.24) is 15.1 Å². The molecule has 0 unspecified atom stereocenters. The van der Waals surface area contributed by atoms with Crippen LogP contribution in [-0.4, -0.2) is 36.0 Å². The van der Waals surface area contributed by atoms with Crippen molar-refractivity contribution < 1.29 is 36.2 Å². The lowest BCUT2D eigenvalue weighted by Crippen LogP contribution is -2.25. The molecule has 1 amide bonds. The first kappa shape index (κ1) is 22.7. The number of aromatic nitrogens is 2. The number of rotatable bonds is 8. The van der Waals surface area contributed by atoms with Crippen LogP contribution in [0.5, 0.6) is 11.5 Å². The fraction of sp³-hybridized carbons (Fsp3) is 0.412. The molecule has 1 N–H and O–H groups in total. The Bertz CT molecular complexity index is 871. The quantitative estimate of drug-likeness (QED) is 0.490. The van der Waals surface area contributed by atoms with Crippen molar-refractivity contribution >= 4 is 17.5 Å². The number of methoxy groups -OCH3 is 1. The predicted molar refractivity (Wildman–Crippen MR) is 93.6 cm³/mol. The van der Waals surface area contributed by atoms with E-state index in [-0.39, 0.29) is 42.3 Å². The third-order valence-corrected chi connectivity index (χ3v) is 4.33. The van der Waals surface area contributed by atoms with E-state index >= 15 is 0 Å². The molecule has 0 atom stereocenters. The number of nitrogens with zero attached hydrogens (tertiary/aromatic N) is 2. The Morgan fingerprint density at radius 2 is 2.00 bits per heavy atom. The number of ether oxygens (including phenoxy) is 2. The van der Waals surface area contributed by atoms with Gasteiger partial charge in [-0.15, -0.1) is 0 Å². The number of carbonyl (C=O) groups is 1. The summed E-state index contributed by atoms with van der Waals surface area (Å²) >= 11 is 5.67. The van der Waals surface area contributed by atoms with Gasteiger partial charge in [0.2, 0.25) is 0 Å². The second kappa shape index (κ2) is 9.29. The van der Waals surface area contributed by atoms with E-state index < -0.39 is 29.4 Å². The van der Waals surface area contributed by atoms with Crippen molar-refractivity contribution in [2.45, 2.75) is 32.7 Å². The zero-order valence-corrected chi connectivity index (χ0v) is 16.1. The van der Waals surface area contributed by atoms with Gasteiger partial charge in [0.15, 0.2) is 17.2 Å². The molecular formula is C17H17ClF5N3O3. The van der Waals surface area contributed by atoms with Crippen LogP contribution in [0.2, 0.25) is 5.02 Å². The molecule has 0 spiro atoms. The largest absolute Gasteiger partial charge is 0.493 e. The van der Waals surface area contributed by atoms with Gasteiger partial charge in [-0.2, -0.15) is 27.1 Å². The first-order valence-electron chi connectivity index (χ1n) is 8.25. The van der Waals surface area contributed by atoms with Gasteiger partial charge in [-0.25, -0.2) is 0 Å². The number of hydrogen-bond donors (Lipinski definition) is 1. The smallest absolute Gasteiger partial charge is 0.436 e. The minimum Gasteiger partial charge on any atom is -0.493 e. The molecule has 1 aromatic heterocycles. The van der Waals surface area contributed by atoms with E-state index in [2.05, 4.69) is 15.2 Å². The number of alkyl halides is 5. The van der Waals surface area contributed by atoms with E-state index in [1.165, 1.54) is 32.2 Å². The van der Waals surface area contributed by atoms with Crippen LogP contribution in [0.4, 0.5) is 22.0 Å². The fourth-order valence-corrected chi connectivity index (χ4v) is 2.70. The predicted octanol–water partition coefficient (Wildman–Crippen LogP) is 4.29. The topological polar surface area (TPSA) is 65.4 Å². The Balaban J connectivity index is 1.94. The highest BCUT2D eigenvalue weighted by Gasteiger charge is 2.38. The highest BCUT2D eigenvalue weighted by molar-refractivity contribution is 6.31. The molecule has 0 aliphatic heterocycles. The van der Waals surface area contributed by atoms with E-state index in [4.69, 9.17) is 16.3 Å². The maximum atomic E-state index is 12.8. The number of amides is 1. The van der Waals surface area contributed by atoms with Crippen molar-refractivity contribution in [1.29, 1.82) is 0 Å². The van der Waals surface area contributed by atoms with Crippen molar-refractivity contribution in [2.75, 3.05) is 13.7 Å². The van der Waals surface area contributed by atoms with Gasteiger partial charge in [-0.1, -0.05) is 11.6 Å². The maximum Gasteiger partial charge on any atom is 0.436 e. The van der Waals surface area contributed by atoms with E-state index in [9.17, 15) is 26.7 Å². The lowest BCUT2D eigenvalue weighted by Gasteiger charge is -2.11. The van der Waals surface area contributed by atoms with Crippen molar-refractivity contribution in [3.05, 3.63) is 40.2 Å². The zero-order valence-electron chi connectivity index (χ0n) is 15.3. The Morgan fingerprint density at radius 3 is 2.55 bits per heavy atom. The molecule has 0 bridgehead atoms. The summed E-state index contributed by atoms with van der Waals surface area (Å²) in [5.41, 5.74) is -0.843. The summed E-state index contributed by atoms with van der Waals surface area (Å²) in [6.45, 7) is -1.39. The maximum absolute atomic E-state index is 12.8. The summed E-state index contributed by atoms with van der Waals surface area (Å²) in [6.07, 6.45) is -4.37. The third-order valence-electron chi connectivity index (χ3n) is 3.88. The molecule has 2 aromatic rings. The molecule has 160 valence electrons. The van der Waals surface area contributed by atoms with Crippen LogP contribution in [-0.2, 0) is 12.7 Å². The minimum absolute atomic E-state index is 0.0422. The van der Waals surface area contributed by atoms with Crippen molar-refractivity contribution in [2.24, 2.45) is 0 Å². The average molecular weight is 442 g/mol. The molecule has 0 radical (unpaired) electrons. The first-order valence-corrected chi connectivity index (χ1v) is 8.63. The summed E-state index contributed by atoms with van der Waals surface area (Å²) in [5, 5.41) is 5.58. The molecule has 1 heterocycles. The molecule has 1 aromatic carbocycles. The van der Waals surface area contributed by atoms with Crippen LogP contribution in [0, 0.1) is 6.92 Å². The van der Waals surface area contributed by atoms with Gasteiger partial charge in [0.1, 0.15) is 0 Å². The highest BCUT2D eigenvalue weighted by atomic mass is 35.5. The Hall–Kier alpha value is -2.56. The fourth-order valence-electron chi connectivity index (χ4n) is 2.46. The summed E-state index contributed by atoms with van der Waals surface area (Å²) in [6, 6.07) is 3.69. The van der Waals surface area contributed by atoms with Crippen LogP contribution >= 0.6 is 11.6 Å². The summed E-state index contributed by atoms with van der Waals surface area (Å²) in [7, 11) is 1.24. The van der Waals surface area contributed by atoms with Gasteiger partial charge in [0, 0.05) is 18.7 Å². The normalized spacial score (nSPS) is 11.6. The van der Waals surface area contributed by atoms with Crippen LogP contribution in [0.25, 0.3) is 0 Å². The molecule has 0 fully saturated rings. The van der Waals surface area contributed by atoms with Crippen molar-refractivity contribution in [3.8, 4) is 11.5 Å². The SMILES string of the molecule is COc1cc(C(=O)NCCCn2nc(C(F)(F)F)c(Cl)c2C)ccc1OC(F)F. The Kier molecular flexibility index (Phi) is 7.28. The molecule has 12 heteroatoms. The van der Waals surface area contributed by atoms with E-state index in [1.54, 1.807) is 0 Å². The molecule has 0 aliphatic rings. The van der Waals surface area contributed by atoms with Crippen LogP contribution in [0.15, 0.2) is 18.2 Å². The summed E-state index contributed by atoms with van der Waals surface area (Å²) < 4.78 is 73.4. The summed E-state index contributed by atoms with van der Waals surface area (Å²) in [4.78, 5) is 12.2. The number of nitrogens with one attached hydrogen (secondary N) is 1. The van der Waals surface area contributed by atoms with Crippen molar-refractivity contribution in [3.63, 3.8) is 0 Å². The van der Waals surface area contributed by atoms with Gasteiger partial charge in [0.25, 0.3) is 5.91 Å². The third kappa shape index (κ3) is 5.72. The lowest BCUT2D eigenvalue weighted by atomic mass is 10.2. The van der Waals surface area contributed by atoms with Gasteiger partial charge in [-0.3, -0.25) is 9.48 Å². The van der Waals surface area contributed by atoms with Gasteiger partial charge in [0.05, 0.1) is 17.8 Å². The lowest BCUT2D eigenvalue weighted by molar-refractivity contribution is -0.141. The standard InChI is InChI=1S/C17H17ClF5N3O3/c1-9-13(18)14(17(21,22)23)25-26(9)7-3-6-24-15(27)10-4-5-11(29-16(19)20)12(8-10)28-2/h4-5,8,16H,3,6-7H2,1-2H3,(H,24,27). The molecule has 0 aliphatic carbocycles. The number of halogens is 6. The highest BCUT2D eigenvalue weighted by Crippen LogP contribution is 2.35. The van der Waals surface area contributed by atoms with Crippen LogP contribution in [0.1, 0.15) is 28.2 Å². The minimum atomic E-state index is -4.65. The number of carbonyl (C=O) groups excluding carboxylic acids is 1. The Morgan fingerprint density at radius 1 is 1.31 bits per heavy atom. The number of benzene rings is 1. The zero-order chi connectivity index (χ0) is 21.8. The summed E-state index contributed by atoms with van der Waals surface area (Å²) in [5.74, 6) is -0.775. The van der Waals surface area contributed by atoms with Crippen LogP contribution in [0.3, 0.4) is 0 Å². The second-order valence-electron chi connectivity index (χ2n) is 5.82. The van der Waals surface area contributed by atoms with Gasteiger partial charge >= 0.3 is 12.8 Å². The van der Waals surface area contributed by atoms with Gasteiger partial charge in [-0.05, 0) is 31.5 Å². The molecule has 6 nitrogen and oxygen atoms in total. The number of aryl methyl sites for hydroxylation is 1. The molecule has 0 saturated carbocycles. The second-order valence-corrected chi connectivity index (χ2v) is 6.20. The molecular weight excluding hydrogens is 425 g/mol. The van der Waals surface area contributed by atoms with Crippen LogP contribution < -0.4 is 14.8 Å². The van der Waals surface area contributed by atoms with E-state index in [0.717, 1.165) is 4.68 Å².